The van der Waals surface area contributed by atoms with Crippen molar-refractivity contribution in [2.75, 3.05) is 0 Å². The van der Waals surface area contributed by atoms with Crippen molar-refractivity contribution < 1.29 is 20.1 Å². The lowest BCUT2D eigenvalue weighted by molar-refractivity contribution is 0.0952. The minimum atomic E-state index is -0.576. The average molecular weight is 430 g/mol. The molecule has 114 valence electrons. The molecule has 2 aromatic carbocycles. The summed E-state index contributed by atoms with van der Waals surface area (Å²) in [5, 5.41) is 32.5. The molecule has 2 rings (SSSR count). The molecule has 0 saturated carbocycles. The number of halogens is 2. The van der Waals surface area contributed by atoms with E-state index in [1.54, 1.807) is 12.1 Å². The molecule has 4 N–H and O–H groups in total. The van der Waals surface area contributed by atoms with Gasteiger partial charge in [0.05, 0.1) is 20.7 Å². The average Bonchev–Trinajstić information content (AvgIpc) is 2.50. The van der Waals surface area contributed by atoms with E-state index in [0.717, 1.165) is 0 Å². The molecule has 0 atom stereocenters. The second kappa shape index (κ2) is 6.80. The maximum absolute atomic E-state index is 11.8. The summed E-state index contributed by atoms with van der Waals surface area (Å²) in [4.78, 5) is 11.8. The van der Waals surface area contributed by atoms with Gasteiger partial charge in [-0.3, -0.25) is 4.79 Å². The molecule has 0 unspecified atom stereocenters. The number of aromatic hydroxyl groups is 3. The van der Waals surface area contributed by atoms with Gasteiger partial charge in [0, 0.05) is 5.56 Å². The van der Waals surface area contributed by atoms with E-state index >= 15 is 0 Å². The van der Waals surface area contributed by atoms with Crippen molar-refractivity contribution in [2.45, 2.75) is 0 Å². The number of amides is 1. The summed E-state index contributed by atoms with van der Waals surface area (Å²) >= 11 is 6.20. The summed E-state index contributed by atoms with van der Waals surface area (Å²) in [7, 11) is 0. The number of hydrogen-bond acceptors (Lipinski definition) is 5. The van der Waals surface area contributed by atoms with Gasteiger partial charge in [-0.15, -0.1) is 0 Å². The predicted octanol–water partition coefficient (Wildman–Crippen LogP) is 3.09. The van der Waals surface area contributed by atoms with Crippen LogP contribution in [0.15, 0.2) is 44.4 Å². The third-order valence-corrected chi connectivity index (χ3v) is 4.15. The van der Waals surface area contributed by atoms with E-state index in [0.29, 0.717) is 5.56 Å². The predicted molar refractivity (Wildman–Crippen MR) is 88.3 cm³/mol. The first-order valence-corrected chi connectivity index (χ1v) is 7.51. The summed E-state index contributed by atoms with van der Waals surface area (Å²) in [6.07, 6.45) is 1.28. The summed E-state index contributed by atoms with van der Waals surface area (Å²) in [6.45, 7) is 0. The number of benzene rings is 2. The van der Waals surface area contributed by atoms with Crippen LogP contribution in [0.3, 0.4) is 0 Å². The molecular formula is C14H10Br2N2O4. The largest absolute Gasteiger partial charge is 0.507 e. The number of carbonyl (C=O) groups excluding carboxylic acids is 1. The Morgan fingerprint density at radius 1 is 1.14 bits per heavy atom. The van der Waals surface area contributed by atoms with E-state index in [1.807, 2.05) is 0 Å². The van der Waals surface area contributed by atoms with E-state index in [9.17, 15) is 20.1 Å². The molecule has 22 heavy (non-hydrogen) atoms. The van der Waals surface area contributed by atoms with Crippen molar-refractivity contribution in [3.05, 3.63) is 50.4 Å². The second-order valence-corrected chi connectivity index (χ2v) is 5.82. The van der Waals surface area contributed by atoms with E-state index in [1.165, 1.54) is 24.4 Å². The molecule has 0 spiro atoms. The van der Waals surface area contributed by atoms with Crippen LogP contribution in [0.1, 0.15) is 15.9 Å². The number of phenolic OH excluding ortho intramolecular Hbond substituents is 3. The number of para-hydroxylation sites is 1. The highest BCUT2D eigenvalue weighted by molar-refractivity contribution is 9.11. The van der Waals surface area contributed by atoms with Gasteiger partial charge in [-0.05, 0) is 50.1 Å². The molecule has 6 nitrogen and oxygen atoms in total. The van der Waals surface area contributed by atoms with Crippen LogP contribution in [0.5, 0.6) is 17.2 Å². The van der Waals surface area contributed by atoms with Gasteiger partial charge in [0.2, 0.25) is 0 Å². The van der Waals surface area contributed by atoms with Crippen LogP contribution in [-0.2, 0) is 0 Å². The highest BCUT2D eigenvalue weighted by atomic mass is 79.9. The normalized spacial score (nSPS) is 10.8. The highest BCUT2D eigenvalue weighted by Gasteiger charge is 2.13. The van der Waals surface area contributed by atoms with Gasteiger partial charge >= 0.3 is 0 Å². The monoisotopic (exact) mass is 428 g/mol. The fraction of sp³-hybridized carbons (Fsp3) is 0. The Bertz CT molecular complexity index is 763. The molecule has 0 radical (unpaired) electrons. The minimum Gasteiger partial charge on any atom is -0.507 e. The summed E-state index contributed by atoms with van der Waals surface area (Å²) in [5.74, 6) is -1.38. The smallest absolute Gasteiger partial charge is 0.275 e. The lowest BCUT2D eigenvalue weighted by atomic mass is 10.2. The van der Waals surface area contributed by atoms with Crippen LogP contribution in [0, 0.1) is 0 Å². The SMILES string of the molecule is O=C(NN=Cc1cc(Br)c(O)c(O)c1Br)c1ccccc1O. The zero-order valence-corrected chi connectivity index (χ0v) is 14.1. The molecule has 2 aromatic rings. The Hall–Kier alpha value is -2.06. The third-order valence-electron chi connectivity index (χ3n) is 2.71. The van der Waals surface area contributed by atoms with Crippen molar-refractivity contribution in [3.63, 3.8) is 0 Å². The zero-order valence-electron chi connectivity index (χ0n) is 10.9. The number of nitrogens with zero attached hydrogens (tertiary/aromatic N) is 1. The lowest BCUT2D eigenvalue weighted by Gasteiger charge is -2.06. The Labute approximate surface area is 142 Å². The van der Waals surface area contributed by atoms with Gasteiger partial charge in [-0.1, -0.05) is 12.1 Å². The Morgan fingerprint density at radius 3 is 2.50 bits per heavy atom. The molecule has 0 aliphatic rings. The van der Waals surface area contributed by atoms with Crippen LogP contribution >= 0.6 is 31.9 Å². The zero-order chi connectivity index (χ0) is 16.3. The molecule has 1 amide bonds. The molecule has 0 aromatic heterocycles. The van der Waals surface area contributed by atoms with E-state index < -0.39 is 5.91 Å². The van der Waals surface area contributed by atoms with E-state index in [-0.39, 0.29) is 31.8 Å². The van der Waals surface area contributed by atoms with Crippen LogP contribution < -0.4 is 5.43 Å². The first-order chi connectivity index (χ1) is 10.4. The number of carbonyl (C=O) groups is 1. The first-order valence-electron chi connectivity index (χ1n) is 5.93. The van der Waals surface area contributed by atoms with Crippen LogP contribution in [0.25, 0.3) is 0 Å². The van der Waals surface area contributed by atoms with Crippen molar-refractivity contribution in [3.8, 4) is 17.2 Å². The quantitative estimate of drug-likeness (QED) is 0.342. The van der Waals surface area contributed by atoms with Gasteiger partial charge in [0.25, 0.3) is 5.91 Å². The molecule has 0 fully saturated rings. The van der Waals surface area contributed by atoms with E-state index in [4.69, 9.17) is 0 Å². The summed E-state index contributed by atoms with van der Waals surface area (Å²) < 4.78 is 0.510. The van der Waals surface area contributed by atoms with Gasteiger partial charge < -0.3 is 15.3 Å². The van der Waals surface area contributed by atoms with Gasteiger partial charge in [0.15, 0.2) is 11.5 Å². The maximum atomic E-state index is 11.8. The third kappa shape index (κ3) is 3.40. The van der Waals surface area contributed by atoms with Crippen molar-refractivity contribution >= 4 is 44.0 Å². The summed E-state index contributed by atoms with van der Waals surface area (Å²) in [6, 6.07) is 7.57. The van der Waals surface area contributed by atoms with Crippen LogP contribution in [0.2, 0.25) is 0 Å². The van der Waals surface area contributed by atoms with Gasteiger partial charge in [-0.25, -0.2) is 5.43 Å². The Kier molecular flexibility index (Phi) is 5.04. The molecular weight excluding hydrogens is 420 g/mol. The molecule has 0 saturated heterocycles. The van der Waals surface area contributed by atoms with Crippen LogP contribution in [-0.4, -0.2) is 27.4 Å². The fourth-order valence-electron chi connectivity index (χ4n) is 1.60. The maximum Gasteiger partial charge on any atom is 0.275 e. The standard InChI is InChI=1S/C14H10Br2N2O4/c15-9-5-7(11(16)13(21)12(9)20)6-17-18-14(22)8-3-1-2-4-10(8)19/h1-6,19-21H,(H,18,22). The van der Waals surface area contributed by atoms with Gasteiger partial charge in [0.1, 0.15) is 5.75 Å². The van der Waals surface area contributed by atoms with E-state index in [2.05, 4.69) is 42.4 Å². The molecule has 0 aliphatic heterocycles. The molecule has 0 heterocycles. The number of hydrogen-bond donors (Lipinski definition) is 4. The Morgan fingerprint density at radius 2 is 1.82 bits per heavy atom. The molecule has 0 bridgehead atoms. The molecule has 8 heteroatoms. The minimum absolute atomic E-state index is 0.0912. The first kappa shape index (κ1) is 16.3. The van der Waals surface area contributed by atoms with Crippen molar-refractivity contribution in [1.82, 2.24) is 5.43 Å². The van der Waals surface area contributed by atoms with Crippen molar-refractivity contribution in [2.24, 2.45) is 5.10 Å². The second-order valence-electron chi connectivity index (χ2n) is 4.18. The Balaban J connectivity index is 2.17. The number of phenols is 3. The van der Waals surface area contributed by atoms with Crippen molar-refractivity contribution in [1.29, 1.82) is 0 Å². The fourth-order valence-corrected chi connectivity index (χ4v) is 2.44. The number of nitrogens with one attached hydrogen (secondary N) is 1. The number of rotatable bonds is 3. The lowest BCUT2D eigenvalue weighted by Crippen LogP contribution is -2.17. The summed E-state index contributed by atoms with van der Waals surface area (Å²) in [5.41, 5.74) is 2.78. The number of hydrazone groups is 1. The van der Waals surface area contributed by atoms with Gasteiger partial charge in [-0.2, -0.15) is 5.10 Å². The molecule has 0 aliphatic carbocycles. The van der Waals surface area contributed by atoms with Crippen LogP contribution in [0.4, 0.5) is 0 Å². The topological polar surface area (TPSA) is 102 Å². The highest BCUT2D eigenvalue weighted by Crippen LogP contribution is 2.40.